The molecule has 7 heteroatoms. The predicted octanol–water partition coefficient (Wildman–Crippen LogP) is 2.53. The first-order valence-corrected chi connectivity index (χ1v) is 8.21. The number of benzene rings is 1. The highest BCUT2D eigenvalue weighted by Crippen LogP contribution is 2.11. The quantitative estimate of drug-likeness (QED) is 0.754. The average molecular weight is 325 g/mol. The summed E-state index contributed by atoms with van der Waals surface area (Å²) in [7, 11) is 0. The number of hydrogen-bond donors (Lipinski definition) is 1. The molecule has 0 bridgehead atoms. The molecule has 6 nitrogen and oxygen atoms in total. The number of rotatable bonds is 6. The van der Waals surface area contributed by atoms with Crippen LogP contribution in [0, 0.1) is 0 Å². The van der Waals surface area contributed by atoms with Crippen molar-refractivity contribution in [2.24, 2.45) is 0 Å². The molecule has 0 atom stereocenters. The van der Waals surface area contributed by atoms with Gasteiger partial charge in [0.25, 0.3) is 0 Å². The van der Waals surface area contributed by atoms with Gasteiger partial charge < -0.3 is 5.32 Å². The first kappa shape index (κ1) is 15.2. The van der Waals surface area contributed by atoms with E-state index in [-0.39, 0.29) is 5.91 Å². The summed E-state index contributed by atoms with van der Waals surface area (Å²) >= 11 is 1.46. The SMILES string of the molecule is O=C(CSCc1ncn(-c2ccccc2)n1)Nc1ccccn1. The van der Waals surface area contributed by atoms with Gasteiger partial charge in [0.15, 0.2) is 5.82 Å². The van der Waals surface area contributed by atoms with E-state index in [0.717, 1.165) is 5.69 Å². The second-order valence-corrected chi connectivity index (χ2v) is 5.68. The Bertz CT molecular complexity index is 760. The molecule has 0 unspecified atom stereocenters. The van der Waals surface area contributed by atoms with Gasteiger partial charge in [0.1, 0.15) is 12.1 Å². The number of carbonyl (C=O) groups is 1. The van der Waals surface area contributed by atoms with Crippen LogP contribution in [0.2, 0.25) is 0 Å². The Labute approximate surface area is 138 Å². The van der Waals surface area contributed by atoms with Gasteiger partial charge in [-0.1, -0.05) is 24.3 Å². The summed E-state index contributed by atoms with van der Waals surface area (Å²) in [5.74, 6) is 2.08. The minimum Gasteiger partial charge on any atom is -0.310 e. The first-order valence-electron chi connectivity index (χ1n) is 7.06. The fourth-order valence-electron chi connectivity index (χ4n) is 1.92. The Morgan fingerprint density at radius 1 is 1.09 bits per heavy atom. The molecule has 3 aromatic rings. The number of thioether (sulfide) groups is 1. The fraction of sp³-hybridized carbons (Fsp3) is 0.125. The van der Waals surface area contributed by atoms with Crippen LogP contribution < -0.4 is 5.32 Å². The Hall–Kier alpha value is -2.67. The molecule has 23 heavy (non-hydrogen) atoms. The Balaban J connectivity index is 1.48. The smallest absolute Gasteiger partial charge is 0.235 e. The third kappa shape index (κ3) is 4.40. The van der Waals surface area contributed by atoms with E-state index >= 15 is 0 Å². The van der Waals surface area contributed by atoms with Gasteiger partial charge in [-0.05, 0) is 24.3 Å². The Morgan fingerprint density at radius 2 is 1.91 bits per heavy atom. The van der Waals surface area contributed by atoms with Crippen molar-refractivity contribution in [3.8, 4) is 5.69 Å². The number of para-hydroxylation sites is 1. The molecule has 2 aromatic heterocycles. The van der Waals surface area contributed by atoms with Gasteiger partial charge in [-0.3, -0.25) is 4.79 Å². The summed E-state index contributed by atoms with van der Waals surface area (Å²) in [5.41, 5.74) is 0.962. The van der Waals surface area contributed by atoms with Gasteiger partial charge in [0.2, 0.25) is 5.91 Å². The molecular weight excluding hydrogens is 310 g/mol. The molecule has 0 spiro atoms. The lowest BCUT2D eigenvalue weighted by molar-refractivity contribution is -0.113. The monoisotopic (exact) mass is 325 g/mol. The number of nitrogens with zero attached hydrogens (tertiary/aromatic N) is 4. The zero-order chi connectivity index (χ0) is 15.9. The highest BCUT2D eigenvalue weighted by atomic mass is 32.2. The second kappa shape index (κ2) is 7.55. The van der Waals surface area contributed by atoms with Crippen molar-refractivity contribution in [3.05, 3.63) is 66.9 Å². The van der Waals surface area contributed by atoms with Crippen LogP contribution in [-0.4, -0.2) is 31.4 Å². The van der Waals surface area contributed by atoms with Crippen molar-refractivity contribution >= 4 is 23.5 Å². The first-order chi connectivity index (χ1) is 11.3. The largest absolute Gasteiger partial charge is 0.310 e. The molecule has 0 aliphatic heterocycles. The molecule has 1 aromatic carbocycles. The van der Waals surface area contributed by atoms with Crippen LogP contribution in [0.15, 0.2) is 61.1 Å². The van der Waals surface area contributed by atoms with E-state index in [1.807, 2.05) is 36.4 Å². The number of aromatic nitrogens is 4. The van der Waals surface area contributed by atoms with Crippen LogP contribution in [0.25, 0.3) is 5.69 Å². The molecule has 0 aliphatic carbocycles. The van der Waals surface area contributed by atoms with E-state index < -0.39 is 0 Å². The highest BCUT2D eigenvalue weighted by Gasteiger charge is 2.06. The zero-order valence-electron chi connectivity index (χ0n) is 12.3. The predicted molar refractivity (Wildman–Crippen MR) is 90.4 cm³/mol. The molecule has 1 amide bonds. The number of pyridine rings is 1. The van der Waals surface area contributed by atoms with Gasteiger partial charge in [-0.25, -0.2) is 14.6 Å². The molecule has 0 saturated heterocycles. The van der Waals surface area contributed by atoms with Crippen LogP contribution >= 0.6 is 11.8 Å². The number of nitrogens with one attached hydrogen (secondary N) is 1. The second-order valence-electron chi connectivity index (χ2n) is 4.70. The minimum atomic E-state index is -0.0869. The van der Waals surface area contributed by atoms with E-state index in [4.69, 9.17) is 0 Å². The molecule has 1 N–H and O–H groups in total. The maximum atomic E-state index is 11.8. The molecule has 0 aliphatic rings. The minimum absolute atomic E-state index is 0.0869. The lowest BCUT2D eigenvalue weighted by Gasteiger charge is -2.02. The molecule has 116 valence electrons. The lowest BCUT2D eigenvalue weighted by atomic mass is 10.3. The maximum Gasteiger partial charge on any atom is 0.235 e. The molecular formula is C16H15N5OS. The summed E-state index contributed by atoms with van der Waals surface area (Å²) in [4.78, 5) is 20.1. The summed E-state index contributed by atoms with van der Waals surface area (Å²) < 4.78 is 1.73. The van der Waals surface area contributed by atoms with Crippen molar-refractivity contribution in [1.29, 1.82) is 0 Å². The van der Waals surface area contributed by atoms with Gasteiger partial charge >= 0.3 is 0 Å². The van der Waals surface area contributed by atoms with Gasteiger partial charge in [0.05, 0.1) is 17.2 Å². The summed E-state index contributed by atoms with van der Waals surface area (Å²) in [6.45, 7) is 0. The average Bonchev–Trinajstić information content (AvgIpc) is 3.05. The van der Waals surface area contributed by atoms with Crippen molar-refractivity contribution < 1.29 is 4.79 Å². The number of carbonyl (C=O) groups excluding carboxylic acids is 1. The van der Waals surface area contributed by atoms with Gasteiger partial charge in [-0.15, -0.1) is 11.8 Å². The van der Waals surface area contributed by atoms with Gasteiger partial charge in [0, 0.05) is 6.20 Å². The van der Waals surface area contributed by atoms with Crippen molar-refractivity contribution in [2.45, 2.75) is 5.75 Å². The number of amides is 1. The van der Waals surface area contributed by atoms with E-state index in [9.17, 15) is 4.79 Å². The topological polar surface area (TPSA) is 72.7 Å². The van der Waals surface area contributed by atoms with E-state index in [1.165, 1.54) is 11.8 Å². The lowest BCUT2D eigenvalue weighted by Crippen LogP contribution is -2.15. The van der Waals surface area contributed by atoms with Crippen molar-refractivity contribution in [1.82, 2.24) is 19.7 Å². The van der Waals surface area contributed by atoms with Crippen molar-refractivity contribution in [2.75, 3.05) is 11.1 Å². The van der Waals surface area contributed by atoms with E-state index in [0.29, 0.717) is 23.1 Å². The molecule has 0 radical (unpaired) electrons. The Morgan fingerprint density at radius 3 is 2.70 bits per heavy atom. The third-order valence-corrected chi connectivity index (χ3v) is 3.89. The summed E-state index contributed by atoms with van der Waals surface area (Å²) in [6, 6.07) is 15.2. The normalized spacial score (nSPS) is 10.4. The maximum absolute atomic E-state index is 11.8. The summed E-state index contributed by atoms with van der Waals surface area (Å²) in [6.07, 6.45) is 3.32. The molecule has 0 fully saturated rings. The third-order valence-electron chi connectivity index (χ3n) is 2.96. The van der Waals surface area contributed by atoms with Crippen LogP contribution in [-0.2, 0) is 10.5 Å². The van der Waals surface area contributed by atoms with Gasteiger partial charge in [-0.2, -0.15) is 5.10 Å². The molecule has 0 saturated carbocycles. The Kier molecular flexibility index (Phi) is 5.00. The molecule has 2 heterocycles. The zero-order valence-corrected chi connectivity index (χ0v) is 13.1. The summed E-state index contributed by atoms with van der Waals surface area (Å²) in [5, 5.41) is 7.14. The van der Waals surface area contributed by atoms with Crippen molar-refractivity contribution in [3.63, 3.8) is 0 Å². The number of hydrogen-bond acceptors (Lipinski definition) is 5. The highest BCUT2D eigenvalue weighted by molar-refractivity contribution is 7.99. The van der Waals surface area contributed by atoms with Crippen LogP contribution in [0.1, 0.15) is 5.82 Å². The number of anilines is 1. The van der Waals surface area contributed by atoms with E-state index in [2.05, 4.69) is 20.4 Å². The standard InChI is InChI=1S/C16H15N5OS/c22-16(19-14-8-4-5-9-17-14)11-23-10-15-18-12-21(20-15)13-6-2-1-3-7-13/h1-9,12H,10-11H2,(H,17,19,22). The fourth-order valence-corrected chi connectivity index (χ4v) is 2.59. The van der Waals surface area contributed by atoms with Crippen LogP contribution in [0.5, 0.6) is 0 Å². The van der Waals surface area contributed by atoms with Crippen LogP contribution in [0.3, 0.4) is 0 Å². The van der Waals surface area contributed by atoms with Crippen LogP contribution in [0.4, 0.5) is 5.82 Å². The molecule has 3 rings (SSSR count). The van der Waals surface area contributed by atoms with E-state index in [1.54, 1.807) is 29.3 Å².